The zero-order chi connectivity index (χ0) is 26.3. The molecule has 2 aromatic carbocycles. The minimum absolute atomic E-state index is 0.0532. The van der Waals surface area contributed by atoms with Crippen molar-refractivity contribution in [2.24, 2.45) is 0 Å². The van der Waals surface area contributed by atoms with Crippen LogP contribution in [0, 0.1) is 13.8 Å². The van der Waals surface area contributed by atoms with Crippen LogP contribution >= 0.6 is 0 Å². The van der Waals surface area contributed by atoms with E-state index >= 15 is 0 Å². The van der Waals surface area contributed by atoms with E-state index in [9.17, 15) is 16.8 Å². The lowest BCUT2D eigenvalue weighted by molar-refractivity contribution is 0.266. The first kappa shape index (κ1) is 28.3. The van der Waals surface area contributed by atoms with Crippen molar-refractivity contribution in [2.75, 3.05) is 45.8 Å². The molecule has 0 bridgehead atoms. The van der Waals surface area contributed by atoms with Crippen LogP contribution in [0.15, 0.2) is 83.1 Å². The molecule has 2 aromatic rings. The second-order valence-corrected chi connectivity index (χ2v) is 13.2. The molecule has 1 aliphatic rings. The van der Waals surface area contributed by atoms with Crippen molar-refractivity contribution in [1.82, 2.24) is 13.5 Å². The second kappa shape index (κ2) is 12.3. The van der Waals surface area contributed by atoms with Crippen LogP contribution in [0.1, 0.15) is 24.0 Å². The lowest BCUT2D eigenvalue weighted by atomic mass is 10.2. The van der Waals surface area contributed by atoms with Gasteiger partial charge in [-0.3, -0.25) is 4.90 Å². The number of benzene rings is 2. The van der Waals surface area contributed by atoms with Crippen LogP contribution in [-0.4, -0.2) is 76.2 Å². The van der Waals surface area contributed by atoms with Crippen LogP contribution in [0.2, 0.25) is 0 Å². The van der Waals surface area contributed by atoms with Crippen LogP contribution in [0.3, 0.4) is 0 Å². The molecule has 0 aromatic heterocycles. The third-order valence-electron chi connectivity index (χ3n) is 6.27. The molecule has 1 fully saturated rings. The van der Waals surface area contributed by atoms with Gasteiger partial charge in [-0.25, -0.2) is 16.8 Å². The van der Waals surface area contributed by atoms with Crippen molar-refractivity contribution in [2.45, 2.75) is 36.5 Å². The maximum Gasteiger partial charge on any atom is 0.243 e. The van der Waals surface area contributed by atoms with Gasteiger partial charge in [0.25, 0.3) is 0 Å². The van der Waals surface area contributed by atoms with Crippen molar-refractivity contribution in [3.8, 4) is 0 Å². The molecule has 1 saturated heterocycles. The minimum Gasteiger partial charge on any atom is -0.300 e. The highest BCUT2D eigenvalue weighted by Gasteiger charge is 2.29. The second-order valence-electron chi connectivity index (χ2n) is 9.35. The normalized spacial score (nSPS) is 18.3. The number of aryl methyl sites for hydroxylation is 2. The Morgan fingerprint density at radius 3 is 1.47 bits per heavy atom. The predicted molar refractivity (Wildman–Crippen MR) is 145 cm³/mol. The average Bonchev–Trinajstić information content (AvgIpc) is 2.82. The molecule has 36 heavy (non-hydrogen) atoms. The van der Waals surface area contributed by atoms with Gasteiger partial charge >= 0.3 is 0 Å². The SMILES string of the molecule is C=CCN1CCCN(S(=O)(=O)c2ccc(C)cc2)CC(=C)CN(S(=O)(=O)c2ccc(C)cc2)CCC1. The van der Waals surface area contributed by atoms with Gasteiger partial charge in [0, 0.05) is 32.7 Å². The fraction of sp³-hybridized carbons (Fsp3) is 0.407. The Hall–Kier alpha value is -2.30. The Balaban J connectivity index is 1.92. The third kappa shape index (κ3) is 7.14. The summed E-state index contributed by atoms with van der Waals surface area (Å²) < 4.78 is 56.9. The first-order valence-electron chi connectivity index (χ1n) is 12.2. The van der Waals surface area contributed by atoms with Gasteiger partial charge in [0.05, 0.1) is 9.79 Å². The van der Waals surface area contributed by atoms with Gasteiger partial charge in [0.1, 0.15) is 0 Å². The van der Waals surface area contributed by atoms with E-state index in [1.807, 2.05) is 19.9 Å². The highest BCUT2D eigenvalue weighted by atomic mass is 32.2. The Morgan fingerprint density at radius 2 is 1.11 bits per heavy atom. The average molecular weight is 532 g/mol. The van der Waals surface area contributed by atoms with Gasteiger partial charge in [0.2, 0.25) is 20.0 Å². The maximum absolute atomic E-state index is 13.5. The third-order valence-corrected chi connectivity index (χ3v) is 9.99. The Labute approximate surface area is 216 Å². The Bertz CT molecular complexity index is 1160. The zero-order valence-corrected chi connectivity index (χ0v) is 22.9. The standard InChI is InChI=1S/C27H37N3O4S2/c1-5-16-28-17-6-19-29(35(31,32)26-12-8-23(2)9-13-26)21-25(4)22-30(20-7-18-28)36(33,34)27-14-10-24(3)11-15-27/h5,8-15H,1,4,6-7,16-22H2,2-3H3. The van der Waals surface area contributed by atoms with E-state index in [-0.39, 0.29) is 22.9 Å². The maximum atomic E-state index is 13.5. The number of hydrogen-bond acceptors (Lipinski definition) is 5. The highest BCUT2D eigenvalue weighted by Crippen LogP contribution is 2.22. The monoisotopic (exact) mass is 531 g/mol. The van der Waals surface area contributed by atoms with E-state index in [0.29, 0.717) is 51.1 Å². The van der Waals surface area contributed by atoms with E-state index in [1.54, 1.807) is 48.5 Å². The molecule has 0 N–H and O–H groups in total. The Morgan fingerprint density at radius 1 is 0.722 bits per heavy atom. The fourth-order valence-corrected chi connectivity index (χ4v) is 7.25. The van der Waals surface area contributed by atoms with Gasteiger partial charge in [0.15, 0.2) is 0 Å². The van der Waals surface area contributed by atoms with E-state index < -0.39 is 20.0 Å². The molecular formula is C27H37N3O4S2. The molecule has 1 heterocycles. The van der Waals surface area contributed by atoms with Crippen molar-refractivity contribution in [3.05, 3.63) is 84.5 Å². The molecule has 0 saturated carbocycles. The highest BCUT2D eigenvalue weighted by molar-refractivity contribution is 7.89. The van der Waals surface area contributed by atoms with E-state index in [4.69, 9.17) is 0 Å². The molecule has 9 heteroatoms. The van der Waals surface area contributed by atoms with Crippen LogP contribution in [-0.2, 0) is 20.0 Å². The zero-order valence-electron chi connectivity index (χ0n) is 21.3. The Kier molecular flexibility index (Phi) is 9.66. The van der Waals surface area contributed by atoms with Crippen molar-refractivity contribution in [1.29, 1.82) is 0 Å². The molecule has 0 aliphatic carbocycles. The van der Waals surface area contributed by atoms with Crippen LogP contribution in [0.4, 0.5) is 0 Å². The summed E-state index contributed by atoms with van der Waals surface area (Å²) in [6, 6.07) is 13.6. The van der Waals surface area contributed by atoms with Crippen LogP contribution < -0.4 is 0 Å². The summed E-state index contributed by atoms with van der Waals surface area (Å²) in [5, 5.41) is 0. The summed E-state index contributed by atoms with van der Waals surface area (Å²) in [5.41, 5.74) is 2.48. The molecule has 0 radical (unpaired) electrons. The molecule has 0 spiro atoms. The van der Waals surface area contributed by atoms with Crippen LogP contribution in [0.5, 0.6) is 0 Å². The van der Waals surface area contributed by atoms with Crippen molar-refractivity contribution < 1.29 is 16.8 Å². The van der Waals surface area contributed by atoms with Gasteiger partial charge in [-0.2, -0.15) is 8.61 Å². The largest absolute Gasteiger partial charge is 0.300 e. The molecule has 0 unspecified atom stereocenters. The van der Waals surface area contributed by atoms with E-state index in [0.717, 1.165) is 11.1 Å². The number of nitrogens with zero attached hydrogens (tertiary/aromatic N) is 3. The summed E-state index contributed by atoms with van der Waals surface area (Å²) >= 11 is 0. The van der Waals surface area contributed by atoms with Gasteiger partial charge < -0.3 is 0 Å². The lowest BCUT2D eigenvalue weighted by Gasteiger charge is -2.30. The quantitative estimate of drug-likeness (QED) is 0.530. The summed E-state index contributed by atoms with van der Waals surface area (Å²) in [6.45, 7) is 14.5. The topological polar surface area (TPSA) is 78.0 Å². The van der Waals surface area contributed by atoms with Crippen LogP contribution in [0.25, 0.3) is 0 Å². The molecule has 3 rings (SSSR count). The molecule has 0 amide bonds. The number of hydrogen-bond donors (Lipinski definition) is 0. The van der Waals surface area contributed by atoms with Gasteiger partial charge in [-0.15, -0.1) is 6.58 Å². The van der Waals surface area contributed by atoms with E-state index in [1.165, 1.54) is 8.61 Å². The van der Waals surface area contributed by atoms with Crippen molar-refractivity contribution in [3.63, 3.8) is 0 Å². The summed E-state index contributed by atoms with van der Waals surface area (Å²) in [5.74, 6) is 0. The smallest absolute Gasteiger partial charge is 0.243 e. The molecule has 0 atom stereocenters. The first-order chi connectivity index (χ1) is 17.0. The van der Waals surface area contributed by atoms with Gasteiger partial charge in [-0.1, -0.05) is 48.0 Å². The molecule has 7 nitrogen and oxygen atoms in total. The molecule has 196 valence electrons. The number of rotatable bonds is 6. The van der Waals surface area contributed by atoms with Gasteiger partial charge in [-0.05, 0) is 69.6 Å². The molecular weight excluding hydrogens is 494 g/mol. The first-order valence-corrected chi connectivity index (χ1v) is 15.1. The summed E-state index contributed by atoms with van der Waals surface area (Å²) in [4.78, 5) is 2.62. The minimum atomic E-state index is -3.77. The van der Waals surface area contributed by atoms with E-state index in [2.05, 4.69) is 18.1 Å². The van der Waals surface area contributed by atoms with Crippen molar-refractivity contribution >= 4 is 20.0 Å². The summed E-state index contributed by atoms with van der Waals surface area (Å²) in [7, 11) is -7.55. The summed E-state index contributed by atoms with van der Waals surface area (Å²) in [6.07, 6.45) is 3.12. The fourth-order valence-electron chi connectivity index (χ4n) is 4.25. The number of sulfonamides is 2. The molecule has 1 aliphatic heterocycles. The lowest BCUT2D eigenvalue weighted by Crippen LogP contribution is -2.41. The predicted octanol–water partition coefficient (Wildman–Crippen LogP) is 3.82.